The van der Waals surface area contributed by atoms with Gasteiger partial charge in [0.2, 0.25) is 0 Å². The van der Waals surface area contributed by atoms with Crippen LogP contribution in [0.4, 0.5) is 0 Å². The number of nitrogens with zero attached hydrogens (tertiary/aromatic N) is 4. The number of hydrogen-bond acceptors (Lipinski definition) is 4. The van der Waals surface area contributed by atoms with Crippen molar-refractivity contribution in [2.45, 2.75) is 26.2 Å². The molecule has 0 radical (unpaired) electrons. The lowest BCUT2D eigenvalue weighted by atomic mass is 10.1. The molecule has 1 amide bonds. The number of aryl methyl sites for hydroxylation is 1. The van der Waals surface area contributed by atoms with Crippen molar-refractivity contribution in [1.29, 1.82) is 0 Å². The van der Waals surface area contributed by atoms with E-state index in [9.17, 15) is 14.7 Å². The molecule has 7 heteroatoms. The van der Waals surface area contributed by atoms with Crippen molar-refractivity contribution >= 4 is 22.9 Å². The van der Waals surface area contributed by atoms with Gasteiger partial charge >= 0.3 is 5.97 Å². The van der Waals surface area contributed by atoms with E-state index < -0.39 is 5.97 Å². The highest BCUT2D eigenvalue weighted by atomic mass is 16.4. The summed E-state index contributed by atoms with van der Waals surface area (Å²) < 4.78 is 1.60. The molecule has 7 nitrogen and oxygen atoms in total. The summed E-state index contributed by atoms with van der Waals surface area (Å²) in [7, 11) is 0. The predicted octanol–water partition coefficient (Wildman–Crippen LogP) is 3.05. The first-order chi connectivity index (χ1) is 13.1. The van der Waals surface area contributed by atoms with Crippen molar-refractivity contribution in [3.05, 3.63) is 53.3 Å². The molecule has 138 valence electrons. The zero-order valence-electron chi connectivity index (χ0n) is 15.1. The highest BCUT2D eigenvalue weighted by molar-refractivity contribution is 6.08. The number of aromatic nitrogens is 3. The van der Waals surface area contributed by atoms with Gasteiger partial charge in [-0.05, 0) is 44.4 Å². The highest BCUT2D eigenvalue weighted by Gasteiger charge is 2.26. The number of carbonyl (C=O) groups excluding carboxylic acids is 1. The van der Waals surface area contributed by atoms with Crippen LogP contribution in [0.2, 0.25) is 0 Å². The molecule has 4 rings (SSSR count). The number of fused-ring (bicyclic) bond motifs is 1. The van der Waals surface area contributed by atoms with Gasteiger partial charge in [0.1, 0.15) is 0 Å². The third kappa shape index (κ3) is 3.05. The van der Waals surface area contributed by atoms with Crippen LogP contribution in [0.15, 0.2) is 36.4 Å². The van der Waals surface area contributed by atoms with Crippen LogP contribution in [-0.2, 0) is 0 Å². The number of piperidine rings is 1. The number of para-hydroxylation sites is 1. The van der Waals surface area contributed by atoms with E-state index in [1.54, 1.807) is 9.58 Å². The molecule has 0 atom stereocenters. The first-order valence-corrected chi connectivity index (χ1v) is 9.04. The summed E-state index contributed by atoms with van der Waals surface area (Å²) >= 11 is 0. The number of rotatable bonds is 3. The average Bonchev–Trinajstić information content (AvgIpc) is 3.05. The van der Waals surface area contributed by atoms with Crippen LogP contribution in [0.3, 0.4) is 0 Å². The molecule has 2 aromatic heterocycles. The number of carboxylic acids is 1. The van der Waals surface area contributed by atoms with Crippen LogP contribution in [0.5, 0.6) is 0 Å². The van der Waals surface area contributed by atoms with Gasteiger partial charge in [-0.25, -0.2) is 14.5 Å². The Morgan fingerprint density at radius 3 is 2.44 bits per heavy atom. The van der Waals surface area contributed by atoms with E-state index in [1.807, 2.05) is 37.3 Å². The van der Waals surface area contributed by atoms with Crippen LogP contribution in [0.25, 0.3) is 16.7 Å². The Morgan fingerprint density at radius 2 is 1.78 bits per heavy atom. The lowest BCUT2D eigenvalue weighted by Gasteiger charge is -2.27. The molecule has 1 aliphatic heterocycles. The van der Waals surface area contributed by atoms with Gasteiger partial charge in [0.05, 0.1) is 22.3 Å². The molecule has 0 saturated carbocycles. The molecule has 27 heavy (non-hydrogen) atoms. The van der Waals surface area contributed by atoms with Gasteiger partial charge < -0.3 is 10.0 Å². The van der Waals surface area contributed by atoms with E-state index in [4.69, 9.17) is 0 Å². The largest absolute Gasteiger partial charge is 0.477 e. The first kappa shape index (κ1) is 17.2. The molecule has 1 saturated heterocycles. The quantitative estimate of drug-likeness (QED) is 0.772. The maximum Gasteiger partial charge on any atom is 0.354 e. The SMILES string of the molecule is Cc1nn(-c2ccccc2)c2nc(C(=O)O)cc(C(=O)N3CCCCC3)c12. The van der Waals surface area contributed by atoms with Crippen LogP contribution in [0, 0.1) is 6.92 Å². The summed E-state index contributed by atoms with van der Waals surface area (Å²) in [6, 6.07) is 10.8. The number of carbonyl (C=O) groups is 2. The Hall–Kier alpha value is -3.22. The zero-order valence-corrected chi connectivity index (χ0v) is 15.1. The Kier molecular flexibility index (Phi) is 4.35. The fraction of sp³-hybridized carbons (Fsp3) is 0.300. The second kappa shape index (κ2) is 6.83. The van der Waals surface area contributed by atoms with Crippen molar-refractivity contribution in [1.82, 2.24) is 19.7 Å². The standard InChI is InChI=1S/C20H20N4O3/c1-13-17-15(19(25)23-10-6-3-7-11-23)12-16(20(26)27)21-18(17)24(22-13)14-8-4-2-5-9-14/h2,4-5,8-9,12H,3,6-7,10-11H2,1H3,(H,26,27). The Labute approximate surface area is 156 Å². The molecule has 0 bridgehead atoms. The number of amides is 1. The molecular formula is C20H20N4O3. The molecular weight excluding hydrogens is 344 g/mol. The summed E-state index contributed by atoms with van der Waals surface area (Å²) in [5.74, 6) is -1.32. The van der Waals surface area contributed by atoms with E-state index >= 15 is 0 Å². The maximum absolute atomic E-state index is 13.2. The monoisotopic (exact) mass is 364 g/mol. The summed E-state index contributed by atoms with van der Waals surface area (Å²) in [6.45, 7) is 3.20. The van der Waals surface area contributed by atoms with E-state index in [2.05, 4.69) is 10.1 Å². The van der Waals surface area contributed by atoms with Crippen molar-refractivity contribution < 1.29 is 14.7 Å². The van der Waals surface area contributed by atoms with Gasteiger partial charge in [-0.15, -0.1) is 0 Å². The maximum atomic E-state index is 13.2. The van der Waals surface area contributed by atoms with Gasteiger partial charge in [0.15, 0.2) is 11.3 Å². The van der Waals surface area contributed by atoms with Gasteiger partial charge in [-0.1, -0.05) is 18.2 Å². The normalized spacial score (nSPS) is 14.5. The molecule has 1 aliphatic rings. The number of benzene rings is 1. The van der Waals surface area contributed by atoms with E-state index in [0.29, 0.717) is 35.4 Å². The number of likely N-dealkylation sites (tertiary alicyclic amines) is 1. The molecule has 1 fully saturated rings. The van der Waals surface area contributed by atoms with E-state index in [-0.39, 0.29) is 11.6 Å². The summed E-state index contributed by atoms with van der Waals surface area (Å²) in [6.07, 6.45) is 3.04. The highest BCUT2D eigenvalue weighted by Crippen LogP contribution is 2.27. The van der Waals surface area contributed by atoms with Gasteiger partial charge in [0.25, 0.3) is 5.91 Å². The van der Waals surface area contributed by atoms with Crippen molar-refractivity contribution in [3.63, 3.8) is 0 Å². The van der Waals surface area contributed by atoms with Crippen LogP contribution < -0.4 is 0 Å². The minimum Gasteiger partial charge on any atom is -0.477 e. The van der Waals surface area contributed by atoms with Gasteiger partial charge in [0, 0.05) is 13.1 Å². The molecule has 0 aliphatic carbocycles. The van der Waals surface area contributed by atoms with Gasteiger partial charge in [-0.2, -0.15) is 5.10 Å². The molecule has 1 aromatic carbocycles. The summed E-state index contributed by atoms with van der Waals surface area (Å²) in [4.78, 5) is 30.9. The second-order valence-electron chi connectivity index (χ2n) is 6.74. The lowest BCUT2D eigenvalue weighted by Crippen LogP contribution is -2.35. The fourth-order valence-corrected chi connectivity index (χ4v) is 3.58. The van der Waals surface area contributed by atoms with Crippen molar-refractivity contribution in [2.24, 2.45) is 0 Å². The van der Waals surface area contributed by atoms with Crippen molar-refractivity contribution in [3.8, 4) is 5.69 Å². The molecule has 3 heterocycles. The molecule has 0 unspecified atom stereocenters. The molecule has 0 spiro atoms. The number of hydrogen-bond donors (Lipinski definition) is 1. The summed E-state index contributed by atoms with van der Waals surface area (Å²) in [5.41, 5.74) is 2.01. The van der Waals surface area contributed by atoms with Crippen LogP contribution in [-0.4, -0.2) is 49.7 Å². The minimum absolute atomic E-state index is 0.152. The molecule has 3 aromatic rings. The first-order valence-electron chi connectivity index (χ1n) is 9.04. The second-order valence-corrected chi connectivity index (χ2v) is 6.74. The third-order valence-corrected chi connectivity index (χ3v) is 4.91. The Bertz CT molecular complexity index is 1020. The topological polar surface area (TPSA) is 88.3 Å². The van der Waals surface area contributed by atoms with E-state index in [1.165, 1.54) is 6.07 Å². The fourth-order valence-electron chi connectivity index (χ4n) is 3.58. The number of aromatic carboxylic acids is 1. The number of carboxylic acid groups (broad SMARTS) is 1. The summed E-state index contributed by atoms with van der Waals surface area (Å²) in [5, 5.41) is 14.7. The Morgan fingerprint density at radius 1 is 1.07 bits per heavy atom. The minimum atomic E-state index is -1.16. The van der Waals surface area contributed by atoms with Crippen LogP contribution in [0.1, 0.15) is 45.8 Å². The van der Waals surface area contributed by atoms with Crippen molar-refractivity contribution in [2.75, 3.05) is 13.1 Å². The number of pyridine rings is 1. The third-order valence-electron chi connectivity index (χ3n) is 4.91. The predicted molar refractivity (Wildman–Crippen MR) is 100 cm³/mol. The average molecular weight is 364 g/mol. The Balaban J connectivity index is 1.94. The molecule has 1 N–H and O–H groups in total. The smallest absolute Gasteiger partial charge is 0.354 e. The van der Waals surface area contributed by atoms with Crippen LogP contribution >= 0.6 is 0 Å². The lowest BCUT2D eigenvalue weighted by molar-refractivity contribution is 0.0691. The van der Waals surface area contributed by atoms with E-state index in [0.717, 1.165) is 24.9 Å². The zero-order chi connectivity index (χ0) is 19.0. The van der Waals surface area contributed by atoms with Gasteiger partial charge in [-0.3, -0.25) is 4.79 Å².